The summed E-state index contributed by atoms with van der Waals surface area (Å²) >= 11 is 0. The van der Waals surface area contributed by atoms with E-state index in [1.54, 1.807) is 0 Å². The molecule has 1 fully saturated rings. The third-order valence-corrected chi connectivity index (χ3v) is 4.60. The van der Waals surface area contributed by atoms with Gasteiger partial charge in [-0.3, -0.25) is 0 Å². The molecule has 0 amide bonds. The summed E-state index contributed by atoms with van der Waals surface area (Å²) in [6, 6.07) is 10.00. The van der Waals surface area contributed by atoms with Crippen LogP contribution >= 0.6 is 0 Å². The molecule has 3 aromatic rings. The van der Waals surface area contributed by atoms with E-state index in [9.17, 15) is 0 Å². The molecule has 1 aliphatic heterocycles. The smallest absolute Gasteiger partial charge is 0.224 e. The second-order valence-corrected chi connectivity index (χ2v) is 6.36. The molecule has 0 spiro atoms. The van der Waals surface area contributed by atoms with E-state index in [1.165, 1.54) is 0 Å². The second kappa shape index (κ2) is 7.11. The van der Waals surface area contributed by atoms with E-state index < -0.39 is 0 Å². The standard InChI is InChI=1S/C19H23N7/c1-3-20-19-21-9-8-17(24-19)25-10-12-26(13-11-25)18-14(2)22-15-6-4-5-7-16(15)23-18/h4-9H,3,10-13H2,1-2H3,(H,20,21,24). The van der Waals surface area contributed by atoms with Crippen molar-refractivity contribution in [2.45, 2.75) is 13.8 Å². The number of para-hydroxylation sites is 2. The van der Waals surface area contributed by atoms with E-state index in [0.717, 1.165) is 61.1 Å². The van der Waals surface area contributed by atoms with Crippen LogP contribution in [0.3, 0.4) is 0 Å². The summed E-state index contributed by atoms with van der Waals surface area (Å²) in [6.07, 6.45) is 1.81. The van der Waals surface area contributed by atoms with Crippen LogP contribution in [-0.2, 0) is 0 Å². The molecule has 0 aliphatic carbocycles. The molecular weight excluding hydrogens is 326 g/mol. The average Bonchev–Trinajstić information content (AvgIpc) is 2.68. The Morgan fingerprint density at radius 3 is 2.35 bits per heavy atom. The molecule has 0 atom stereocenters. The van der Waals surface area contributed by atoms with E-state index in [1.807, 2.05) is 50.4 Å². The SMILES string of the molecule is CCNc1nccc(N2CCN(c3nc4ccccc4nc3C)CC2)n1. The van der Waals surface area contributed by atoms with Gasteiger partial charge in [-0.15, -0.1) is 0 Å². The van der Waals surface area contributed by atoms with Gasteiger partial charge in [0.15, 0.2) is 5.82 Å². The van der Waals surface area contributed by atoms with Crippen LogP contribution in [0.1, 0.15) is 12.6 Å². The molecule has 134 valence electrons. The number of anilines is 3. The van der Waals surface area contributed by atoms with Crippen LogP contribution in [0, 0.1) is 6.92 Å². The third-order valence-electron chi connectivity index (χ3n) is 4.60. The molecule has 7 heteroatoms. The van der Waals surface area contributed by atoms with Crippen molar-refractivity contribution in [2.24, 2.45) is 0 Å². The Balaban J connectivity index is 1.50. The third kappa shape index (κ3) is 3.24. The summed E-state index contributed by atoms with van der Waals surface area (Å²) < 4.78 is 0. The maximum atomic E-state index is 4.84. The van der Waals surface area contributed by atoms with E-state index in [-0.39, 0.29) is 0 Å². The van der Waals surface area contributed by atoms with Crippen LogP contribution in [-0.4, -0.2) is 52.7 Å². The molecule has 0 unspecified atom stereocenters. The zero-order valence-corrected chi connectivity index (χ0v) is 15.2. The van der Waals surface area contributed by atoms with Crippen LogP contribution < -0.4 is 15.1 Å². The fraction of sp³-hybridized carbons (Fsp3) is 0.368. The predicted octanol–water partition coefficient (Wildman–Crippen LogP) is 2.49. The number of hydrogen-bond acceptors (Lipinski definition) is 7. The average molecular weight is 349 g/mol. The van der Waals surface area contributed by atoms with Crippen LogP contribution in [0.4, 0.5) is 17.6 Å². The van der Waals surface area contributed by atoms with Gasteiger partial charge in [0.05, 0.1) is 16.7 Å². The summed E-state index contributed by atoms with van der Waals surface area (Å²) in [7, 11) is 0. The van der Waals surface area contributed by atoms with Gasteiger partial charge in [0, 0.05) is 38.9 Å². The van der Waals surface area contributed by atoms with Crippen LogP contribution in [0.15, 0.2) is 36.5 Å². The number of aryl methyl sites for hydroxylation is 1. The first-order valence-corrected chi connectivity index (χ1v) is 9.05. The monoisotopic (exact) mass is 349 g/mol. The highest BCUT2D eigenvalue weighted by Crippen LogP contribution is 2.22. The lowest BCUT2D eigenvalue weighted by Gasteiger charge is -2.36. The van der Waals surface area contributed by atoms with Crippen LogP contribution in [0.25, 0.3) is 11.0 Å². The highest BCUT2D eigenvalue weighted by Gasteiger charge is 2.21. The minimum Gasteiger partial charge on any atom is -0.354 e. The van der Waals surface area contributed by atoms with Gasteiger partial charge >= 0.3 is 0 Å². The first-order chi connectivity index (χ1) is 12.7. The number of hydrogen-bond donors (Lipinski definition) is 1. The normalized spacial score (nSPS) is 14.7. The van der Waals surface area contributed by atoms with E-state index in [0.29, 0.717) is 5.95 Å². The van der Waals surface area contributed by atoms with Crippen molar-refractivity contribution in [2.75, 3.05) is 47.8 Å². The Hall–Kier alpha value is -2.96. The quantitative estimate of drug-likeness (QED) is 0.776. The second-order valence-electron chi connectivity index (χ2n) is 6.36. The molecule has 3 heterocycles. The summed E-state index contributed by atoms with van der Waals surface area (Å²) in [6.45, 7) is 8.49. The van der Waals surface area contributed by atoms with E-state index in [4.69, 9.17) is 9.97 Å². The molecule has 0 radical (unpaired) electrons. The zero-order valence-electron chi connectivity index (χ0n) is 15.2. The number of piperazine rings is 1. The molecule has 1 aliphatic rings. The van der Waals surface area contributed by atoms with Crippen molar-refractivity contribution < 1.29 is 0 Å². The van der Waals surface area contributed by atoms with Gasteiger partial charge in [-0.2, -0.15) is 4.98 Å². The minimum absolute atomic E-state index is 0.684. The summed E-state index contributed by atoms with van der Waals surface area (Å²) in [4.78, 5) is 23.0. The van der Waals surface area contributed by atoms with Crippen molar-refractivity contribution in [1.29, 1.82) is 0 Å². The molecule has 1 aromatic carbocycles. The number of rotatable bonds is 4. The van der Waals surface area contributed by atoms with Crippen LogP contribution in [0.5, 0.6) is 0 Å². The van der Waals surface area contributed by atoms with Crippen LogP contribution in [0.2, 0.25) is 0 Å². The van der Waals surface area contributed by atoms with Gasteiger partial charge in [0.25, 0.3) is 0 Å². The molecule has 1 saturated heterocycles. The van der Waals surface area contributed by atoms with Crippen molar-refractivity contribution >= 4 is 28.6 Å². The van der Waals surface area contributed by atoms with Gasteiger partial charge in [-0.1, -0.05) is 12.1 Å². The lowest BCUT2D eigenvalue weighted by atomic mass is 10.2. The Kier molecular flexibility index (Phi) is 4.51. The minimum atomic E-state index is 0.684. The molecule has 26 heavy (non-hydrogen) atoms. The first kappa shape index (κ1) is 16.5. The topological polar surface area (TPSA) is 70.1 Å². The number of aromatic nitrogens is 4. The maximum absolute atomic E-state index is 4.84. The molecular formula is C19H23N7. The summed E-state index contributed by atoms with van der Waals surface area (Å²) in [5, 5.41) is 3.17. The molecule has 4 rings (SSSR count). The van der Waals surface area contributed by atoms with Crippen molar-refractivity contribution in [3.8, 4) is 0 Å². The number of nitrogens with zero attached hydrogens (tertiary/aromatic N) is 6. The van der Waals surface area contributed by atoms with Gasteiger partial charge < -0.3 is 15.1 Å². The molecule has 2 aromatic heterocycles. The van der Waals surface area contributed by atoms with Crippen molar-refractivity contribution in [3.05, 3.63) is 42.2 Å². The Morgan fingerprint density at radius 1 is 0.923 bits per heavy atom. The van der Waals surface area contributed by atoms with Gasteiger partial charge in [-0.05, 0) is 32.0 Å². The maximum Gasteiger partial charge on any atom is 0.224 e. The molecule has 0 saturated carbocycles. The van der Waals surface area contributed by atoms with Crippen molar-refractivity contribution in [3.63, 3.8) is 0 Å². The first-order valence-electron chi connectivity index (χ1n) is 9.05. The Morgan fingerprint density at radius 2 is 1.62 bits per heavy atom. The van der Waals surface area contributed by atoms with Gasteiger partial charge in [0.1, 0.15) is 5.82 Å². The molecule has 0 bridgehead atoms. The molecule has 1 N–H and O–H groups in total. The van der Waals surface area contributed by atoms with Crippen molar-refractivity contribution in [1.82, 2.24) is 19.9 Å². The molecule has 7 nitrogen and oxygen atoms in total. The highest BCUT2D eigenvalue weighted by molar-refractivity contribution is 5.76. The van der Waals surface area contributed by atoms with E-state index >= 15 is 0 Å². The summed E-state index contributed by atoms with van der Waals surface area (Å²) in [5.74, 6) is 2.64. The number of benzene rings is 1. The lowest BCUT2D eigenvalue weighted by Crippen LogP contribution is -2.47. The number of nitrogens with one attached hydrogen (secondary N) is 1. The fourth-order valence-corrected chi connectivity index (χ4v) is 3.29. The largest absolute Gasteiger partial charge is 0.354 e. The Bertz CT molecular complexity index is 903. The zero-order chi connectivity index (χ0) is 17.9. The van der Waals surface area contributed by atoms with E-state index in [2.05, 4.69) is 25.1 Å². The van der Waals surface area contributed by atoms with Gasteiger partial charge in [-0.25, -0.2) is 15.0 Å². The number of fused-ring (bicyclic) bond motifs is 1. The van der Waals surface area contributed by atoms with Gasteiger partial charge in [0.2, 0.25) is 5.95 Å². The lowest BCUT2D eigenvalue weighted by molar-refractivity contribution is 0.639. The highest BCUT2D eigenvalue weighted by atomic mass is 15.3. The Labute approximate surface area is 153 Å². The summed E-state index contributed by atoms with van der Waals surface area (Å²) in [5.41, 5.74) is 2.87. The predicted molar refractivity (Wildman–Crippen MR) is 105 cm³/mol. The fourth-order valence-electron chi connectivity index (χ4n) is 3.29.